The van der Waals surface area contributed by atoms with Crippen LogP contribution in [0.1, 0.15) is 24.8 Å². The molecule has 3 rings (SSSR count). The third-order valence-electron chi connectivity index (χ3n) is 4.52. The number of anilines is 1. The van der Waals surface area contributed by atoms with Gasteiger partial charge in [-0.2, -0.15) is 0 Å². The van der Waals surface area contributed by atoms with Gasteiger partial charge in [-0.05, 0) is 35.7 Å². The quantitative estimate of drug-likeness (QED) is 0.721. The Morgan fingerprint density at radius 3 is 2.54 bits per heavy atom. The van der Waals surface area contributed by atoms with E-state index in [2.05, 4.69) is 4.74 Å². The first-order valence-corrected chi connectivity index (χ1v) is 8.21. The first kappa shape index (κ1) is 18.2. The molecule has 1 fully saturated rings. The molecule has 2 aromatic rings. The van der Waals surface area contributed by atoms with Gasteiger partial charge in [-0.25, -0.2) is 4.39 Å². The summed E-state index contributed by atoms with van der Waals surface area (Å²) in [6, 6.07) is 11.2. The fourth-order valence-corrected chi connectivity index (χ4v) is 3.36. The average molecular weight is 367 g/mol. The number of carbonyl (C=O) groups is 1. The second kappa shape index (κ2) is 6.97. The number of rotatable bonds is 4. The Labute approximate surface area is 148 Å². The summed E-state index contributed by atoms with van der Waals surface area (Å²) in [5, 5.41) is 0. The van der Waals surface area contributed by atoms with E-state index in [-0.39, 0.29) is 17.6 Å². The number of carbonyl (C=O) groups excluding carboxylic acids is 1. The third kappa shape index (κ3) is 3.81. The van der Waals surface area contributed by atoms with Crippen molar-refractivity contribution in [1.29, 1.82) is 0 Å². The van der Waals surface area contributed by atoms with Crippen LogP contribution in [-0.2, 0) is 4.79 Å². The van der Waals surface area contributed by atoms with E-state index in [0.717, 1.165) is 0 Å². The minimum absolute atomic E-state index is 0.0588. The topological polar surface area (TPSA) is 29.5 Å². The number of hydrogen-bond donors (Lipinski definition) is 0. The van der Waals surface area contributed by atoms with E-state index < -0.39 is 18.1 Å². The van der Waals surface area contributed by atoms with Crippen LogP contribution in [0.5, 0.6) is 5.75 Å². The second-order valence-corrected chi connectivity index (χ2v) is 6.20. The van der Waals surface area contributed by atoms with E-state index in [9.17, 15) is 22.4 Å². The van der Waals surface area contributed by atoms with E-state index in [1.807, 2.05) is 6.92 Å². The number of benzene rings is 2. The van der Waals surface area contributed by atoms with Gasteiger partial charge < -0.3 is 9.64 Å². The van der Waals surface area contributed by atoms with Gasteiger partial charge in [0.25, 0.3) is 0 Å². The van der Waals surface area contributed by atoms with Crippen molar-refractivity contribution in [1.82, 2.24) is 0 Å². The molecule has 1 amide bonds. The van der Waals surface area contributed by atoms with Crippen LogP contribution in [0.4, 0.5) is 23.2 Å². The minimum Gasteiger partial charge on any atom is -0.406 e. The average Bonchev–Trinajstić information content (AvgIpc) is 2.90. The van der Waals surface area contributed by atoms with Crippen molar-refractivity contribution in [3.63, 3.8) is 0 Å². The van der Waals surface area contributed by atoms with E-state index in [1.165, 1.54) is 35.2 Å². The number of ether oxygens (including phenoxy) is 1. The standard InChI is InChI=1S/C19H17F4NO2/c1-2-12-11-24(15-7-4-8-16(10-15)26-19(21,22)23)18(25)17(12)13-5-3-6-14(20)9-13/h3-10,12,17H,2,11H2,1H3. The SMILES string of the molecule is CCC1CN(c2cccc(OC(F)(F)F)c2)C(=O)C1c1cccc(F)c1. The molecule has 1 heterocycles. The van der Waals surface area contributed by atoms with Crippen LogP contribution < -0.4 is 9.64 Å². The fourth-order valence-electron chi connectivity index (χ4n) is 3.36. The Morgan fingerprint density at radius 2 is 1.88 bits per heavy atom. The normalized spacial score (nSPS) is 20.5. The molecule has 7 heteroatoms. The van der Waals surface area contributed by atoms with Crippen molar-refractivity contribution in [2.75, 3.05) is 11.4 Å². The second-order valence-electron chi connectivity index (χ2n) is 6.20. The summed E-state index contributed by atoms with van der Waals surface area (Å²) in [5.41, 5.74) is 0.904. The first-order chi connectivity index (χ1) is 12.3. The molecule has 2 unspecified atom stereocenters. The lowest BCUT2D eigenvalue weighted by molar-refractivity contribution is -0.274. The van der Waals surface area contributed by atoms with E-state index in [4.69, 9.17) is 0 Å². The van der Waals surface area contributed by atoms with Crippen molar-refractivity contribution in [3.8, 4) is 5.75 Å². The number of alkyl halides is 3. The highest BCUT2D eigenvalue weighted by molar-refractivity contribution is 6.00. The summed E-state index contributed by atoms with van der Waals surface area (Å²) in [5.74, 6) is -1.65. The maximum absolute atomic E-state index is 13.6. The molecular weight excluding hydrogens is 350 g/mol. The number of hydrogen-bond acceptors (Lipinski definition) is 2. The lowest BCUT2D eigenvalue weighted by Gasteiger charge is -2.18. The molecule has 3 nitrogen and oxygen atoms in total. The van der Waals surface area contributed by atoms with Crippen LogP contribution in [0.2, 0.25) is 0 Å². The van der Waals surface area contributed by atoms with Gasteiger partial charge in [-0.15, -0.1) is 13.2 Å². The summed E-state index contributed by atoms with van der Waals surface area (Å²) in [7, 11) is 0. The van der Waals surface area contributed by atoms with Gasteiger partial charge in [-0.3, -0.25) is 4.79 Å². The smallest absolute Gasteiger partial charge is 0.406 e. The molecule has 0 spiro atoms. The highest BCUT2D eigenvalue weighted by atomic mass is 19.4. The van der Waals surface area contributed by atoms with Crippen molar-refractivity contribution >= 4 is 11.6 Å². The monoisotopic (exact) mass is 367 g/mol. The predicted molar refractivity (Wildman–Crippen MR) is 88.4 cm³/mol. The zero-order valence-corrected chi connectivity index (χ0v) is 14.0. The molecule has 0 N–H and O–H groups in total. The Bertz CT molecular complexity index is 806. The Kier molecular flexibility index (Phi) is 4.89. The highest BCUT2D eigenvalue weighted by Gasteiger charge is 2.41. The van der Waals surface area contributed by atoms with Crippen molar-refractivity contribution < 1.29 is 27.1 Å². The molecule has 0 aliphatic carbocycles. The summed E-state index contributed by atoms with van der Waals surface area (Å²) in [6.45, 7) is 2.28. The van der Waals surface area contributed by atoms with Crippen molar-refractivity contribution in [2.45, 2.75) is 25.6 Å². The summed E-state index contributed by atoms with van der Waals surface area (Å²) < 4.78 is 54.8. The zero-order valence-electron chi connectivity index (χ0n) is 14.0. The van der Waals surface area contributed by atoms with Crippen LogP contribution in [0.25, 0.3) is 0 Å². The van der Waals surface area contributed by atoms with E-state index in [0.29, 0.717) is 24.2 Å². The maximum atomic E-state index is 13.6. The minimum atomic E-state index is -4.80. The molecule has 0 saturated carbocycles. The van der Waals surface area contributed by atoms with Crippen LogP contribution in [0.15, 0.2) is 48.5 Å². The van der Waals surface area contributed by atoms with Crippen LogP contribution in [0, 0.1) is 11.7 Å². The number of amides is 1. The molecule has 1 aliphatic rings. The van der Waals surface area contributed by atoms with Gasteiger partial charge in [0.2, 0.25) is 5.91 Å². The van der Waals surface area contributed by atoms with Crippen LogP contribution in [-0.4, -0.2) is 18.8 Å². The largest absolute Gasteiger partial charge is 0.573 e. The molecule has 2 atom stereocenters. The Balaban J connectivity index is 1.90. The first-order valence-electron chi connectivity index (χ1n) is 8.21. The molecule has 1 aliphatic heterocycles. The Morgan fingerprint density at radius 1 is 1.15 bits per heavy atom. The molecular formula is C19H17F4NO2. The lowest BCUT2D eigenvalue weighted by atomic mass is 9.87. The van der Waals surface area contributed by atoms with Gasteiger partial charge in [0.15, 0.2) is 0 Å². The van der Waals surface area contributed by atoms with E-state index >= 15 is 0 Å². The van der Waals surface area contributed by atoms with Gasteiger partial charge >= 0.3 is 6.36 Å². The highest BCUT2D eigenvalue weighted by Crippen LogP contribution is 2.39. The van der Waals surface area contributed by atoms with Crippen LogP contribution in [0.3, 0.4) is 0 Å². The van der Waals surface area contributed by atoms with Crippen LogP contribution >= 0.6 is 0 Å². The predicted octanol–water partition coefficient (Wildman–Crippen LogP) is 4.88. The number of nitrogens with zero attached hydrogens (tertiary/aromatic N) is 1. The summed E-state index contributed by atoms with van der Waals surface area (Å²) in [6.07, 6.45) is -4.12. The van der Waals surface area contributed by atoms with Gasteiger partial charge in [0, 0.05) is 18.3 Å². The fraction of sp³-hybridized carbons (Fsp3) is 0.316. The molecule has 0 radical (unpaired) electrons. The molecule has 0 bridgehead atoms. The molecule has 0 aromatic heterocycles. The molecule has 138 valence electrons. The van der Waals surface area contributed by atoms with Crippen molar-refractivity contribution in [2.24, 2.45) is 5.92 Å². The lowest BCUT2D eigenvalue weighted by Crippen LogP contribution is -2.26. The van der Waals surface area contributed by atoms with E-state index in [1.54, 1.807) is 18.2 Å². The van der Waals surface area contributed by atoms with Gasteiger partial charge in [0.1, 0.15) is 11.6 Å². The zero-order chi connectivity index (χ0) is 18.9. The number of halogens is 4. The Hall–Kier alpha value is -2.57. The third-order valence-corrected chi connectivity index (χ3v) is 4.52. The molecule has 1 saturated heterocycles. The van der Waals surface area contributed by atoms with Crippen molar-refractivity contribution in [3.05, 3.63) is 59.9 Å². The molecule has 2 aromatic carbocycles. The van der Waals surface area contributed by atoms with Gasteiger partial charge in [-0.1, -0.05) is 31.5 Å². The summed E-state index contributed by atoms with van der Waals surface area (Å²) in [4.78, 5) is 14.4. The molecule has 26 heavy (non-hydrogen) atoms. The maximum Gasteiger partial charge on any atom is 0.573 e. The van der Waals surface area contributed by atoms with Gasteiger partial charge in [0.05, 0.1) is 5.92 Å². The summed E-state index contributed by atoms with van der Waals surface area (Å²) >= 11 is 0.